The fraction of sp³-hybridized carbons (Fsp3) is 0. The number of fused-ring (bicyclic) bond motifs is 1. The standard InChI is InChI=1S/C12H6O4S/c13-11-8-4-3-7(6-9(8)12(14)16-11)15-10-2-1-5-17-10/h1-6H. The predicted octanol–water partition coefficient (Wildman–Crippen LogP) is 2.85. The van der Waals surface area contributed by atoms with Gasteiger partial charge in [0.05, 0.1) is 11.1 Å². The van der Waals surface area contributed by atoms with Crippen molar-refractivity contribution in [1.29, 1.82) is 0 Å². The number of carbonyl (C=O) groups excluding carboxylic acids is 2. The van der Waals surface area contributed by atoms with Crippen LogP contribution in [0.4, 0.5) is 0 Å². The van der Waals surface area contributed by atoms with Crippen LogP contribution in [0.5, 0.6) is 10.8 Å². The summed E-state index contributed by atoms with van der Waals surface area (Å²) in [6, 6.07) is 8.37. The molecule has 2 heterocycles. The van der Waals surface area contributed by atoms with Crippen LogP contribution in [0.3, 0.4) is 0 Å². The zero-order valence-electron chi connectivity index (χ0n) is 8.51. The smallest absolute Gasteiger partial charge is 0.347 e. The second-order valence-electron chi connectivity index (χ2n) is 3.42. The molecule has 1 aromatic heterocycles. The molecule has 2 aromatic rings. The first-order valence-corrected chi connectivity index (χ1v) is 5.74. The summed E-state index contributed by atoms with van der Waals surface area (Å²) in [6.45, 7) is 0. The van der Waals surface area contributed by atoms with Gasteiger partial charge in [-0.25, -0.2) is 9.59 Å². The van der Waals surface area contributed by atoms with Crippen molar-refractivity contribution in [2.75, 3.05) is 0 Å². The highest BCUT2D eigenvalue weighted by Gasteiger charge is 2.29. The van der Waals surface area contributed by atoms with Gasteiger partial charge >= 0.3 is 11.9 Å². The van der Waals surface area contributed by atoms with Gasteiger partial charge in [-0.05, 0) is 35.7 Å². The zero-order valence-corrected chi connectivity index (χ0v) is 9.32. The summed E-state index contributed by atoms with van der Waals surface area (Å²) in [4.78, 5) is 22.6. The van der Waals surface area contributed by atoms with Gasteiger partial charge in [0.1, 0.15) is 5.75 Å². The number of carbonyl (C=O) groups is 2. The largest absolute Gasteiger partial charge is 0.447 e. The fourth-order valence-electron chi connectivity index (χ4n) is 1.57. The molecule has 0 unspecified atom stereocenters. The predicted molar refractivity (Wildman–Crippen MR) is 60.6 cm³/mol. The zero-order chi connectivity index (χ0) is 11.8. The van der Waals surface area contributed by atoms with Crippen molar-refractivity contribution < 1.29 is 19.1 Å². The number of hydrogen-bond acceptors (Lipinski definition) is 5. The molecule has 0 saturated carbocycles. The molecule has 0 amide bonds. The maximum absolute atomic E-state index is 11.3. The van der Waals surface area contributed by atoms with Crippen LogP contribution in [-0.4, -0.2) is 11.9 Å². The van der Waals surface area contributed by atoms with E-state index in [4.69, 9.17) is 4.74 Å². The van der Waals surface area contributed by atoms with E-state index in [2.05, 4.69) is 4.74 Å². The van der Waals surface area contributed by atoms with Crippen molar-refractivity contribution in [2.45, 2.75) is 0 Å². The third kappa shape index (κ3) is 1.70. The molecule has 0 atom stereocenters. The van der Waals surface area contributed by atoms with Crippen molar-refractivity contribution >= 4 is 23.3 Å². The third-order valence-corrected chi connectivity index (χ3v) is 3.07. The Morgan fingerprint density at radius 1 is 1.06 bits per heavy atom. The van der Waals surface area contributed by atoms with Crippen molar-refractivity contribution in [1.82, 2.24) is 0 Å². The summed E-state index contributed by atoms with van der Waals surface area (Å²) in [5.74, 6) is -0.716. The van der Waals surface area contributed by atoms with Gasteiger partial charge in [0.25, 0.3) is 0 Å². The molecule has 0 bridgehead atoms. The minimum atomic E-state index is -0.623. The van der Waals surface area contributed by atoms with E-state index in [0.717, 1.165) is 5.06 Å². The monoisotopic (exact) mass is 246 g/mol. The molecule has 1 aliphatic rings. The molecule has 84 valence electrons. The van der Waals surface area contributed by atoms with E-state index in [1.54, 1.807) is 6.07 Å². The van der Waals surface area contributed by atoms with E-state index in [0.29, 0.717) is 5.75 Å². The normalized spacial score (nSPS) is 13.4. The second kappa shape index (κ2) is 3.71. The molecule has 0 saturated heterocycles. The van der Waals surface area contributed by atoms with Crippen molar-refractivity contribution in [3.05, 3.63) is 46.8 Å². The minimum absolute atomic E-state index is 0.254. The Kier molecular flexibility index (Phi) is 2.19. The van der Waals surface area contributed by atoms with Crippen LogP contribution < -0.4 is 4.74 Å². The third-order valence-electron chi connectivity index (χ3n) is 2.33. The Balaban J connectivity index is 1.96. The lowest BCUT2D eigenvalue weighted by atomic mass is 10.1. The van der Waals surface area contributed by atoms with E-state index in [1.165, 1.54) is 23.5 Å². The first-order valence-electron chi connectivity index (χ1n) is 4.86. The fourth-order valence-corrected chi connectivity index (χ4v) is 2.16. The van der Waals surface area contributed by atoms with Gasteiger partial charge in [0.2, 0.25) is 0 Å². The molecule has 1 aliphatic heterocycles. The van der Waals surface area contributed by atoms with Gasteiger partial charge in [0.15, 0.2) is 5.06 Å². The molecular weight excluding hydrogens is 240 g/mol. The van der Waals surface area contributed by atoms with Crippen LogP contribution in [0.25, 0.3) is 0 Å². The highest BCUT2D eigenvalue weighted by molar-refractivity contribution is 7.11. The number of esters is 2. The van der Waals surface area contributed by atoms with Crippen molar-refractivity contribution in [3.63, 3.8) is 0 Å². The van der Waals surface area contributed by atoms with Crippen molar-refractivity contribution in [2.24, 2.45) is 0 Å². The average molecular weight is 246 g/mol. The van der Waals surface area contributed by atoms with Gasteiger partial charge in [-0.1, -0.05) is 0 Å². The van der Waals surface area contributed by atoms with E-state index in [1.807, 2.05) is 17.5 Å². The number of ether oxygens (including phenoxy) is 2. The van der Waals surface area contributed by atoms with Crippen LogP contribution in [0, 0.1) is 0 Å². The van der Waals surface area contributed by atoms with Crippen molar-refractivity contribution in [3.8, 4) is 10.8 Å². The van der Waals surface area contributed by atoms with Crippen LogP contribution in [0.2, 0.25) is 0 Å². The lowest BCUT2D eigenvalue weighted by Crippen LogP contribution is -1.96. The van der Waals surface area contributed by atoms with Gasteiger partial charge in [0, 0.05) is 0 Å². The molecule has 4 nitrogen and oxygen atoms in total. The quantitative estimate of drug-likeness (QED) is 0.604. The highest BCUT2D eigenvalue weighted by atomic mass is 32.1. The molecule has 3 rings (SSSR count). The maximum Gasteiger partial charge on any atom is 0.347 e. The van der Waals surface area contributed by atoms with Gasteiger partial charge in [-0.15, -0.1) is 11.3 Å². The summed E-state index contributed by atoms with van der Waals surface area (Å²) < 4.78 is 10.0. The number of rotatable bonds is 2. The van der Waals surface area contributed by atoms with E-state index < -0.39 is 11.9 Å². The summed E-state index contributed by atoms with van der Waals surface area (Å²) in [7, 11) is 0. The Morgan fingerprint density at radius 2 is 1.88 bits per heavy atom. The molecule has 0 aliphatic carbocycles. The SMILES string of the molecule is O=C1OC(=O)c2cc(Oc3cccs3)ccc21. The second-order valence-corrected chi connectivity index (χ2v) is 4.33. The van der Waals surface area contributed by atoms with Crippen LogP contribution in [0.15, 0.2) is 35.7 Å². The molecule has 0 fully saturated rings. The first kappa shape index (κ1) is 10.0. The summed E-state index contributed by atoms with van der Waals surface area (Å²) in [5, 5.41) is 2.61. The van der Waals surface area contributed by atoms with Gasteiger partial charge < -0.3 is 9.47 Å². The average Bonchev–Trinajstić information content (AvgIpc) is 2.89. The van der Waals surface area contributed by atoms with E-state index in [9.17, 15) is 9.59 Å². The summed E-state index contributed by atoms with van der Waals surface area (Å²) >= 11 is 1.45. The van der Waals surface area contributed by atoms with Crippen LogP contribution in [-0.2, 0) is 4.74 Å². The molecular formula is C12H6O4S. The van der Waals surface area contributed by atoms with Gasteiger partial charge in [-0.2, -0.15) is 0 Å². The minimum Gasteiger partial charge on any atom is -0.447 e. The van der Waals surface area contributed by atoms with Gasteiger partial charge in [-0.3, -0.25) is 0 Å². The number of benzene rings is 1. The summed E-state index contributed by atoms with van der Waals surface area (Å²) in [5.41, 5.74) is 0.539. The Morgan fingerprint density at radius 3 is 2.65 bits per heavy atom. The molecule has 1 aromatic carbocycles. The lowest BCUT2D eigenvalue weighted by Gasteiger charge is -2.02. The Bertz CT molecular complexity index is 601. The van der Waals surface area contributed by atoms with E-state index >= 15 is 0 Å². The van der Waals surface area contributed by atoms with Crippen LogP contribution >= 0.6 is 11.3 Å². The number of cyclic esters (lactones) is 2. The molecule has 5 heteroatoms. The molecule has 0 N–H and O–H groups in total. The Hall–Kier alpha value is -2.14. The molecule has 17 heavy (non-hydrogen) atoms. The Labute approximate surface area is 100 Å². The highest BCUT2D eigenvalue weighted by Crippen LogP contribution is 2.30. The van der Waals surface area contributed by atoms with Crippen LogP contribution in [0.1, 0.15) is 20.7 Å². The number of thiophene rings is 1. The lowest BCUT2D eigenvalue weighted by molar-refractivity contribution is 0.0443. The maximum atomic E-state index is 11.3. The first-order chi connectivity index (χ1) is 8.24. The molecule has 0 spiro atoms. The number of hydrogen-bond donors (Lipinski definition) is 0. The van der Waals surface area contributed by atoms with E-state index in [-0.39, 0.29) is 11.1 Å². The molecule has 0 radical (unpaired) electrons. The topological polar surface area (TPSA) is 52.6 Å². The summed E-state index contributed by atoms with van der Waals surface area (Å²) in [6.07, 6.45) is 0.